The van der Waals surface area contributed by atoms with Gasteiger partial charge in [0.25, 0.3) is 5.91 Å². The molecule has 0 unspecified atom stereocenters. The van der Waals surface area contributed by atoms with Gasteiger partial charge in [0.05, 0.1) is 10.6 Å². The van der Waals surface area contributed by atoms with Crippen molar-refractivity contribution >= 4 is 17.3 Å². The Bertz CT molecular complexity index is 945. The number of carbonyl (C=O) groups is 1. The number of benzene rings is 2. The highest BCUT2D eigenvalue weighted by atomic mass is 19.1. The van der Waals surface area contributed by atoms with E-state index in [4.69, 9.17) is 4.74 Å². The zero-order chi connectivity index (χ0) is 19.6. The molecular weight excluding hydrogens is 357 g/mol. The summed E-state index contributed by atoms with van der Waals surface area (Å²) in [6.07, 6.45) is 0.356. The molecular formula is C18H16FN3O5. The average molecular weight is 373 g/mol. The third-order valence-corrected chi connectivity index (χ3v) is 4.19. The number of amides is 1. The van der Waals surface area contributed by atoms with E-state index in [1.807, 2.05) is 0 Å². The molecule has 0 aliphatic heterocycles. The number of aromatic hydroxyl groups is 1. The second-order valence-corrected chi connectivity index (χ2v) is 6.07. The third kappa shape index (κ3) is 3.71. The van der Waals surface area contributed by atoms with Crippen LogP contribution in [-0.2, 0) is 4.79 Å². The van der Waals surface area contributed by atoms with Gasteiger partial charge < -0.3 is 9.84 Å². The van der Waals surface area contributed by atoms with Crippen LogP contribution >= 0.6 is 0 Å². The quantitative estimate of drug-likeness (QED) is 0.618. The summed E-state index contributed by atoms with van der Waals surface area (Å²) in [4.78, 5) is 22.3. The molecule has 1 amide bonds. The monoisotopic (exact) mass is 373 g/mol. The number of carbonyl (C=O) groups excluding carboxylic acids is 1. The van der Waals surface area contributed by atoms with Gasteiger partial charge in [-0.3, -0.25) is 14.9 Å². The molecule has 1 aliphatic carbocycles. The first-order valence-electron chi connectivity index (χ1n) is 8.11. The number of hydrogen-bond donors (Lipinski definition) is 2. The molecule has 3 rings (SSSR count). The smallest absolute Gasteiger partial charge is 0.310 e. The van der Waals surface area contributed by atoms with Crippen molar-refractivity contribution in [1.82, 2.24) is 5.43 Å². The minimum atomic E-state index is -0.641. The summed E-state index contributed by atoms with van der Waals surface area (Å²) in [7, 11) is 0. The lowest BCUT2D eigenvalue weighted by atomic mass is 10.0. The number of para-hydroxylation sites is 2. The van der Waals surface area contributed by atoms with E-state index in [0.717, 1.165) is 0 Å². The first-order chi connectivity index (χ1) is 12.9. The molecule has 1 aliphatic rings. The van der Waals surface area contributed by atoms with Crippen molar-refractivity contribution in [3.8, 4) is 11.5 Å². The Kier molecular flexibility index (Phi) is 5.02. The van der Waals surface area contributed by atoms with E-state index >= 15 is 0 Å². The number of halogens is 1. The Morgan fingerprint density at radius 2 is 2.15 bits per heavy atom. The standard InChI is InChI=1S/C18H16FN3O5/c1-10-8-12(18-14(23)7-6-11(19)17(10)18)20-21-16(24)9-27-15-5-3-2-4-13(15)22(25)26/h2-7,10,23H,8-9H2,1H3,(H,21,24)/b20-12+/t10-/m1/s1. The molecule has 0 radical (unpaired) electrons. The maximum absolute atomic E-state index is 14.0. The van der Waals surface area contributed by atoms with E-state index in [0.29, 0.717) is 17.7 Å². The molecule has 1 atom stereocenters. The van der Waals surface area contributed by atoms with Gasteiger partial charge in [-0.15, -0.1) is 0 Å². The molecule has 0 aromatic heterocycles. The summed E-state index contributed by atoms with van der Waals surface area (Å²) in [6.45, 7) is 1.31. The molecule has 2 aromatic rings. The molecule has 0 saturated carbocycles. The van der Waals surface area contributed by atoms with Crippen LogP contribution in [0.3, 0.4) is 0 Å². The number of nitrogens with one attached hydrogen (secondary N) is 1. The van der Waals surface area contributed by atoms with Crippen molar-refractivity contribution in [3.05, 3.63) is 63.5 Å². The maximum Gasteiger partial charge on any atom is 0.310 e. The topological polar surface area (TPSA) is 114 Å². The van der Waals surface area contributed by atoms with Crippen LogP contribution in [0.4, 0.5) is 10.1 Å². The highest BCUT2D eigenvalue weighted by Crippen LogP contribution is 2.39. The van der Waals surface area contributed by atoms with Gasteiger partial charge in [0, 0.05) is 17.2 Å². The minimum absolute atomic E-state index is 0.0372. The fraction of sp³-hybridized carbons (Fsp3) is 0.222. The van der Waals surface area contributed by atoms with Crippen LogP contribution in [0.15, 0.2) is 41.5 Å². The molecule has 0 bridgehead atoms. The van der Waals surface area contributed by atoms with E-state index in [1.165, 1.54) is 30.3 Å². The SMILES string of the molecule is C[C@@H]1C/C(=N\NC(=O)COc2ccccc2[N+](=O)[O-])c2c(O)ccc(F)c21. The maximum atomic E-state index is 14.0. The molecule has 2 aromatic carbocycles. The fourth-order valence-corrected chi connectivity index (χ4v) is 3.00. The lowest BCUT2D eigenvalue weighted by Crippen LogP contribution is -2.26. The Balaban J connectivity index is 1.69. The van der Waals surface area contributed by atoms with E-state index in [1.54, 1.807) is 13.0 Å². The molecule has 27 heavy (non-hydrogen) atoms. The number of fused-ring (bicyclic) bond motifs is 1. The van der Waals surface area contributed by atoms with Crippen molar-refractivity contribution in [1.29, 1.82) is 0 Å². The molecule has 9 heteroatoms. The molecule has 0 saturated heterocycles. The average Bonchev–Trinajstić information content (AvgIpc) is 2.99. The summed E-state index contributed by atoms with van der Waals surface area (Å²) >= 11 is 0. The third-order valence-electron chi connectivity index (χ3n) is 4.19. The van der Waals surface area contributed by atoms with Crippen molar-refractivity contribution in [2.75, 3.05) is 6.61 Å². The van der Waals surface area contributed by atoms with Crippen LogP contribution in [0.25, 0.3) is 0 Å². The number of nitro benzene ring substituents is 1. The largest absolute Gasteiger partial charge is 0.507 e. The van der Waals surface area contributed by atoms with Crippen LogP contribution in [0, 0.1) is 15.9 Å². The minimum Gasteiger partial charge on any atom is -0.507 e. The molecule has 2 N–H and O–H groups in total. The van der Waals surface area contributed by atoms with Crippen molar-refractivity contribution < 1.29 is 24.0 Å². The predicted octanol–water partition coefficient (Wildman–Crippen LogP) is 2.85. The van der Waals surface area contributed by atoms with Gasteiger partial charge in [-0.1, -0.05) is 19.1 Å². The van der Waals surface area contributed by atoms with Crippen LogP contribution in [-0.4, -0.2) is 28.3 Å². The highest BCUT2D eigenvalue weighted by molar-refractivity contribution is 6.07. The molecule has 0 fully saturated rings. The normalized spacial score (nSPS) is 16.8. The van der Waals surface area contributed by atoms with Crippen molar-refractivity contribution in [3.63, 3.8) is 0 Å². The Labute approximate surface area is 153 Å². The summed E-state index contributed by atoms with van der Waals surface area (Å²) in [5, 5.41) is 24.9. The zero-order valence-corrected chi connectivity index (χ0v) is 14.3. The number of phenols is 1. The first-order valence-corrected chi connectivity index (χ1v) is 8.11. The Morgan fingerprint density at radius 3 is 2.89 bits per heavy atom. The molecule has 8 nitrogen and oxygen atoms in total. The van der Waals surface area contributed by atoms with Crippen LogP contribution in [0.1, 0.15) is 30.4 Å². The zero-order valence-electron chi connectivity index (χ0n) is 14.3. The first kappa shape index (κ1) is 18.3. The number of phenolic OH excluding ortho intramolecular Hbond substituents is 1. The number of hydrogen-bond acceptors (Lipinski definition) is 6. The molecule has 0 heterocycles. The van der Waals surface area contributed by atoms with E-state index < -0.39 is 23.3 Å². The van der Waals surface area contributed by atoms with Crippen LogP contribution in [0.2, 0.25) is 0 Å². The van der Waals surface area contributed by atoms with E-state index in [9.17, 15) is 24.4 Å². The molecule has 0 spiro atoms. The molecule has 140 valence electrons. The van der Waals surface area contributed by atoms with Gasteiger partial charge in [-0.25, -0.2) is 9.82 Å². The van der Waals surface area contributed by atoms with E-state index in [2.05, 4.69) is 10.5 Å². The van der Waals surface area contributed by atoms with Gasteiger partial charge in [-0.05, 0) is 30.5 Å². The number of rotatable bonds is 5. The van der Waals surface area contributed by atoms with Crippen molar-refractivity contribution in [2.45, 2.75) is 19.3 Å². The van der Waals surface area contributed by atoms with Gasteiger partial charge >= 0.3 is 5.69 Å². The number of nitrogens with zero attached hydrogens (tertiary/aromatic N) is 2. The number of ether oxygens (including phenoxy) is 1. The van der Waals surface area contributed by atoms with E-state index in [-0.39, 0.29) is 28.7 Å². The number of hydrazone groups is 1. The highest BCUT2D eigenvalue weighted by Gasteiger charge is 2.30. The summed E-state index contributed by atoms with van der Waals surface area (Å²) in [5.74, 6) is -1.42. The second kappa shape index (κ2) is 7.40. The van der Waals surface area contributed by atoms with Gasteiger partial charge in [0.2, 0.25) is 0 Å². The van der Waals surface area contributed by atoms with Gasteiger partial charge in [-0.2, -0.15) is 5.10 Å². The predicted molar refractivity (Wildman–Crippen MR) is 94.4 cm³/mol. The Hall–Kier alpha value is -3.49. The second-order valence-electron chi connectivity index (χ2n) is 6.07. The van der Waals surface area contributed by atoms with Crippen LogP contribution < -0.4 is 10.2 Å². The van der Waals surface area contributed by atoms with Crippen LogP contribution in [0.5, 0.6) is 11.5 Å². The fourth-order valence-electron chi connectivity index (χ4n) is 3.00. The van der Waals surface area contributed by atoms with Crippen molar-refractivity contribution in [2.24, 2.45) is 5.10 Å². The summed E-state index contributed by atoms with van der Waals surface area (Å²) in [6, 6.07) is 8.11. The Morgan fingerprint density at radius 1 is 1.41 bits per heavy atom. The summed E-state index contributed by atoms with van der Waals surface area (Å²) < 4.78 is 19.2. The van der Waals surface area contributed by atoms with Gasteiger partial charge in [0.15, 0.2) is 12.4 Å². The lowest BCUT2D eigenvalue weighted by Gasteiger charge is -2.07. The lowest BCUT2D eigenvalue weighted by molar-refractivity contribution is -0.385. The summed E-state index contributed by atoms with van der Waals surface area (Å²) in [5.41, 5.74) is 3.01. The van der Waals surface area contributed by atoms with Gasteiger partial charge in [0.1, 0.15) is 11.6 Å². The number of nitro groups is 1.